The third-order valence-electron chi connectivity index (χ3n) is 4.81. The summed E-state index contributed by atoms with van der Waals surface area (Å²) in [5.74, 6) is -0.798. The Kier molecular flexibility index (Phi) is 5.70. The lowest BCUT2D eigenvalue weighted by Gasteiger charge is -2.21. The fourth-order valence-corrected chi connectivity index (χ4v) is 3.22. The van der Waals surface area contributed by atoms with E-state index in [9.17, 15) is 18.0 Å². The molecule has 0 saturated carbocycles. The van der Waals surface area contributed by atoms with E-state index in [-0.39, 0.29) is 27.9 Å². The fourth-order valence-electron chi connectivity index (χ4n) is 3.22. The maximum atomic E-state index is 14.2. The van der Waals surface area contributed by atoms with E-state index in [2.05, 4.69) is 4.98 Å². The number of nitrogens with zero attached hydrogens (tertiary/aromatic N) is 1. The monoisotopic (exact) mass is 413 g/mol. The van der Waals surface area contributed by atoms with E-state index in [4.69, 9.17) is 4.74 Å². The maximum absolute atomic E-state index is 14.2. The van der Waals surface area contributed by atoms with Gasteiger partial charge in [-0.25, -0.2) is 9.78 Å². The first-order valence-electron chi connectivity index (χ1n) is 9.39. The zero-order valence-corrected chi connectivity index (χ0v) is 17.2. The number of benzene rings is 2. The Hall–Kier alpha value is -3.15. The molecule has 0 N–H and O–H groups in total. The Morgan fingerprint density at radius 2 is 1.50 bits per heavy atom. The largest absolute Gasteiger partial charge is 0.464 e. The van der Waals surface area contributed by atoms with Crippen molar-refractivity contribution in [3.05, 3.63) is 77.5 Å². The molecule has 0 saturated heterocycles. The van der Waals surface area contributed by atoms with Crippen LogP contribution in [0, 0.1) is 0 Å². The van der Waals surface area contributed by atoms with Crippen molar-refractivity contribution < 1.29 is 22.7 Å². The lowest BCUT2D eigenvalue weighted by molar-refractivity contribution is -0.136. The van der Waals surface area contributed by atoms with Gasteiger partial charge in [-0.3, -0.25) is 0 Å². The number of carbonyl (C=O) groups excluding carboxylic acids is 1. The minimum Gasteiger partial charge on any atom is -0.464 e. The van der Waals surface area contributed by atoms with Crippen molar-refractivity contribution in [2.45, 2.75) is 32.4 Å². The molecule has 2 aromatic carbocycles. The Balaban J connectivity index is 2.34. The van der Waals surface area contributed by atoms with Crippen LogP contribution in [0.15, 0.2) is 60.7 Å². The number of hydrogen-bond acceptors (Lipinski definition) is 3. The number of esters is 1. The highest BCUT2D eigenvalue weighted by Crippen LogP contribution is 2.43. The van der Waals surface area contributed by atoms with Gasteiger partial charge < -0.3 is 4.74 Å². The molecule has 3 aromatic rings. The average molecular weight is 413 g/mol. The van der Waals surface area contributed by atoms with Gasteiger partial charge in [-0.1, -0.05) is 75.4 Å². The fraction of sp³-hybridized carbons (Fsp3) is 0.250. The number of carbonyl (C=O) groups is 1. The first-order chi connectivity index (χ1) is 14.0. The molecular formula is C24H22F3NO2. The number of rotatable bonds is 3. The Morgan fingerprint density at radius 3 is 2.00 bits per heavy atom. The quantitative estimate of drug-likeness (QED) is 0.459. The lowest BCUT2D eigenvalue weighted by atomic mass is 9.86. The van der Waals surface area contributed by atoms with Crippen LogP contribution in [0.4, 0.5) is 13.2 Å². The number of alkyl halides is 3. The third kappa shape index (κ3) is 4.37. The summed E-state index contributed by atoms with van der Waals surface area (Å²) in [6, 6.07) is 16.0. The predicted octanol–water partition coefficient (Wildman–Crippen LogP) is 6.52. The van der Waals surface area contributed by atoms with Crippen molar-refractivity contribution in [2.75, 3.05) is 7.11 Å². The van der Waals surface area contributed by atoms with Gasteiger partial charge in [0.05, 0.1) is 18.4 Å². The van der Waals surface area contributed by atoms with Crippen LogP contribution in [-0.2, 0) is 16.3 Å². The van der Waals surface area contributed by atoms with Crippen molar-refractivity contribution in [3.63, 3.8) is 0 Å². The van der Waals surface area contributed by atoms with Crippen molar-refractivity contribution in [2.24, 2.45) is 0 Å². The summed E-state index contributed by atoms with van der Waals surface area (Å²) in [4.78, 5) is 16.2. The van der Waals surface area contributed by atoms with Crippen LogP contribution in [-0.4, -0.2) is 18.1 Å². The van der Waals surface area contributed by atoms with E-state index in [0.717, 1.165) is 11.6 Å². The molecule has 6 heteroatoms. The second-order valence-corrected chi connectivity index (χ2v) is 7.96. The van der Waals surface area contributed by atoms with Gasteiger partial charge in [0.25, 0.3) is 0 Å². The second kappa shape index (κ2) is 7.94. The zero-order valence-electron chi connectivity index (χ0n) is 17.2. The molecule has 0 radical (unpaired) electrons. The van der Waals surface area contributed by atoms with Crippen molar-refractivity contribution in [3.8, 4) is 22.4 Å². The van der Waals surface area contributed by atoms with Gasteiger partial charge in [-0.05, 0) is 28.2 Å². The SMILES string of the molecule is COC(=O)c1cc(-c2ccccc2)c(C(F)(F)F)c(-c2ccc(C(C)(C)C)cc2)n1. The summed E-state index contributed by atoms with van der Waals surface area (Å²) < 4.78 is 47.3. The molecule has 0 aliphatic heterocycles. The second-order valence-electron chi connectivity index (χ2n) is 7.96. The standard InChI is InChI=1S/C24H22F3NO2/c1-23(2,3)17-12-10-16(11-13-17)21-20(24(25,26)27)18(15-8-6-5-7-9-15)14-19(28-21)22(29)30-4/h5-14H,1-4H3. The molecular weight excluding hydrogens is 391 g/mol. The van der Waals surface area contributed by atoms with Crippen molar-refractivity contribution in [1.29, 1.82) is 0 Å². The molecule has 0 amide bonds. The minimum absolute atomic E-state index is 0.117. The van der Waals surface area contributed by atoms with Crippen molar-refractivity contribution in [1.82, 2.24) is 4.98 Å². The van der Waals surface area contributed by atoms with Crippen LogP contribution in [0.2, 0.25) is 0 Å². The normalized spacial score (nSPS) is 12.0. The van der Waals surface area contributed by atoms with E-state index >= 15 is 0 Å². The highest BCUT2D eigenvalue weighted by molar-refractivity contribution is 5.91. The molecule has 1 aromatic heterocycles. The summed E-state index contributed by atoms with van der Waals surface area (Å²) in [5, 5.41) is 0. The Labute approximate surface area is 173 Å². The third-order valence-corrected chi connectivity index (χ3v) is 4.81. The van der Waals surface area contributed by atoms with Gasteiger partial charge in [0, 0.05) is 5.56 Å². The van der Waals surface area contributed by atoms with Gasteiger partial charge >= 0.3 is 12.1 Å². The highest BCUT2D eigenvalue weighted by Gasteiger charge is 2.39. The summed E-state index contributed by atoms with van der Waals surface area (Å²) in [6.07, 6.45) is -4.68. The topological polar surface area (TPSA) is 39.2 Å². The van der Waals surface area contributed by atoms with Gasteiger partial charge in [-0.15, -0.1) is 0 Å². The number of methoxy groups -OCH3 is 1. The van der Waals surface area contributed by atoms with Gasteiger partial charge in [0.2, 0.25) is 0 Å². The summed E-state index contributed by atoms with van der Waals surface area (Å²) in [5.41, 5.74) is -0.0420. The van der Waals surface area contributed by atoms with E-state index < -0.39 is 17.7 Å². The number of hydrogen-bond donors (Lipinski definition) is 0. The van der Waals surface area contributed by atoms with Crippen LogP contribution in [0.25, 0.3) is 22.4 Å². The predicted molar refractivity (Wildman–Crippen MR) is 110 cm³/mol. The molecule has 0 spiro atoms. The van der Waals surface area contributed by atoms with Crippen LogP contribution in [0.3, 0.4) is 0 Å². The van der Waals surface area contributed by atoms with Crippen LogP contribution in [0.1, 0.15) is 42.4 Å². The van der Waals surface area contributed by atoms with E-state index in [0.29, 0.717) is 5.56 Å². The van der Waals surface area contributed by atoms with E-state index in [1.165, 1.54) is 7.11 Å². The number of pyridine rings is 1. The average Bonchev–Trinajstić information content (AvgIpc) is 2.71. The van der Waals surface area contributed by atoms with Gasteiger partial charge in [-0.2, -0.15) is 13.2 Å². The molecule has 0 aliphatic carbocycles. The molecule has 3 rings (SSSR count). The molecule has 30 heavy (non-hydrogen) atoms. The zero-order chi connectivity index (χ0) is 22.1. The minimum atomic E-state index is -4.68. The van der Waals surface area contributed by atoms with Crippen LogP contribution < -0.4 is 0 Å². The van der Waals surface area contributed by atoms with Gasteiger partial charge in [0.15, 0.2) is 0 Å². The van der Waals surface area contributed by atoms with Crippen molar-refractivity contribution >= 4 is 5.97 Å². The summed E-state index contributed by atoms with van der Waals surface area (Å²) in [6.45, 7) is 6.06. The molecule has 0 fully saturated rings. The molecule has 3 nitrogen and oxygen atoms in total. The molecule has 0 unspecified atom stereocenters. The number of ether oxygens (including phenoxy) is 1. The molecule has 156 valence electrons. The van der Waals surface area contributed by atoms with Crippen LogP contribution >= 0.6 is 0 Å². The first-order valence-corrected chi connectivity index (χ1v) is 9.39. The van der Waals surface area contributed by atoms with E-state index in [1.807, 2.05) is 20.8 Å². The van der Waals surface area contributed by atoms with E-state index in [1.54, 1.807) is 54.6 Å². The molecule has 0 aliphatic rings. The van der Waals surface area contributed by atoms with Gasteiger partial charge in [0.1, 0.15) is 5.69 Å². The summed E-state index contributed by atoms with van der Waals surface area (Å²) in [7, 11) is 1.17. The molecule has 0 atom stereocenters. The number of halogens is 3. The molecule has 1 heterocycles. The highest BCUT2D eigenvalue weighted by atomic mass is 19.4. The lowest BCUT2D eigenvalue weighted by Crippen LogP contribution is -2.15. The smallest absolute Gasteiger partial charge is 0.419 e. The first kappa shape index (κ1) is 21.6. The Morgan fingerprint density at radius 1 is 0.900 bits per heavy atom. The Bertz CT molecular complexity index is 1050. The van der Waals surface area contributed by atoms with Crippen LogP contribution in [0.5, 0.6) is 0 Å². The number of aromatic nitrogens is 1. The maximum Gasteiger partial charge on any atom is 0.419 e. The molecule has 0 bridgehead atoms. The summed E-state index contributed by atoms with van der Waals surface area (Å²) >= 11 is 0.